The molecular weight excluding hydrogens is 280 g/mol. The van der Waals surface area contributed by atoms with Gasteiger partial charge in [-0.1, -0.05) is 6.07 Å². The Labute approximate surface area is 113 Å². The number of hydrogen-bond acceptors (Lipinski definition) is 3. The van der Waals surface area contributed by atoms with Gasteiger partial charge in [-0.25, -0.2) is 4.39 Å². The van der Waals surface area contributed by atoms with Gasteiger partial charge >= 0.3 is 6.18 Å². The first kappa shape index (κ1) is 16.2. The topological polar surface area (TPSA) is 60.0 Å². The van der Waals surface area contributed by atoms with Crippen molar-refractivity contribution in [3.63, 3.8) is 0 Å². The fourth-order valence-corrected chi connectivity index (χ4v) is 1.68. The van der Waals surface area contributed by atoms with Crippen molar-refractivity contribution in [2.75, 3.05) is 31.1 Å². The normalized spacial score (nSPS) is 15.3. The van der Waals surface area contributed by atoms with E-state index in [4.69, 9.17) is 9.90 Å². The second kappa shape index (κ2) is 7.09. The molecule has 1 fully saturated rings. The van der Waals surface area contributed by atoms with Crippen molar-refractivity contribution in [1.82, 2.24) is 0 Å². The molecule has 0 atom stereocenters. The van der Waals surface area contributed by atoms with Crippen LogP contribution in [0.5, 0.6) is 0 Å². The second-order valence-electron chi connectivity index (χ2n) is 4.12. The summed E-state index contributed by atoms with van der Waals surface area (Å²) in [6.45, 7) is 4.25. The number of anilines is 1. The molecule has 0 saturated carbocycles. The fourth-order valence-electron chi connectivity index (χ4n) is 1.68. The lowest BCUT2D eigenvalue weighted by Crippen LogP contribution is -2.89. The third-order valence-electron chi connectivity index (χ3n) is 2.61. The van der Waals surface area contributed by atoms with Gasteiger partial charge in [-0.3, -0.25) is 0 Å². The molecule has 1 aromatic carbocycles. The molecule has 0 amide bonds. The zero-order chi connectivity index (χ0) is 15.2. The first-order valence-corrected chi connectivity index (χ1v) is 5.91. The molecule has 1 aliphatic rings. The molecule has 1 aromatic rings. The van der Waals surface area contributed by atoms with Crippen molar-refractivity contribution in [3.8, 4) is 0 Å². The molecule has 0 radical (unpaired) electrons. The first-order valence-electron chi connectivity index (χ1n) is 5.91. The fraction of sp³-hybridized carbons (Fsp3) is 0.417. The summed E-state index contributed by atoms with van der Waals surface area (Å²) in [5.41, 5.74) is 1.01. The van der Waals surface area contributed by atoms with E-state index in [-0.39, 0.29) is 5.82 Å². The summed E-state index contributed by atoms with van der Waals surface area (Å²) in [5.74, 6) is -3.15. The Morgan fingerprint density at radius 2 is 1.80 bits per heavy atom. The molecule has 0 bridgehead atoms. The summed E-state index contributed by atoms with van der Waals surface area (Å²) in [6, 6.07) is 6.82. The zero-order valence-electron chi connectivity index (χ0n) is 10.5. The predicted octanol–water partition coefficient (Wildman–Crippen LogP) is -0.492. The van der Waals surface area contributed by atoms with Crippen molar-refractivity contribution in [2.24, 2.45) is 0 Å². The Kier molecular flexibility index (Phi) is 5.75. The minimum absolute atomic E-state index is 0.146. The molecule has 2 rings (SSSR count). The number of piperazine rings is 1. The van der Waals surface area contributed by atoms with Crippen molar-refractivity contribution < 1.29 is 32.8 Å². The van der Waals surface area contributed by atoms with Gasteiger partial charge in [0.05, 0.1) is 26.2 Å². The molecule has 1 heterocycles. The summed E-state index contributed by atoms with van der Waals surface area (Å²) in [5, 5.41) is 11.1. The molecule has 0 aromatic heterocycles. The van der Waals surface area contributed by atoms with E-state index < -0.39 is 12.1 Å². The number of halogens is 4. The van der Waals surface area contributed by atoms with Crippen molar-refractivity contribution in [2.45, 2.75) is 6.18 Å². The van der Waals surface area contributed by atoms with E-state index in [1.807, 2.05) is 6.07 Å². The number of aliphatic carboxylic acids is 1. The van der Waals surface area contributed by atoms with Gasteiger partial charge in [-0.05, 0) is 18.2 Å². The summed E-state index contributed by atoms with van der Waals surface area (Å²) in [7, 11) is 0. The number of nitrogens with zero attached hydrogens (tertiary/aromatic N) is 1. The number of carbonyl (C=O) groups excluding carboxylic acids is 1. The van der Waals surface area contributed by atoms with E-state index in [0.29, 0.717) is 0 Å². The van der Waals surface area contributed by atoms with E-state index in [1.165, 1.54) is 6.07 Å². The number of hydrogen-bond donors (Lipinski definition) is 1. The van der Waals surface area contributed by atoms with Crippen LogP contribution in [-0.4, -0.2) is 38.3 Å². The number of nitrogens with two attached hydrogens (primary N) is 1. The third kappa shape index (κ3) is 5.43. The Bertz CT molecular complexity index is 445. The number of carbonyl (C=O) groups is 1. The smallest absolute Gasteiger partial charge is 0.430 e. The maximum Gasteiger partial charge on any atom is 0.430 e. The summed E-state index contributed by atoms with van der Waals surface area (Å²) < 4.78 is 44.4. The minimum Gasteiger partial charge on any atom is -0.542 e. The molecule has 1 saturated heterocycles. The summed E-state index contributed by atoms with van der Waals surface area (Å²) in [4.78, 5) is 11.0. The molecule has 4 nitrogen and oxygen atoms in total. The molecule has 0 aliphatic carbocycles. The highest BCUT2D eigenvalue weighted by atomic mass is 19.4. The van der Waals surface area contributed by atoms with Gasteiger partial charge < -0.3 is 20.1 Å². The van der Waals surface area contributed by atoms with Gasteiger partial charge in [0.15, 0.2) is 0 Å². The largest absolute Gasteiger partial charge is 0.542 e. The van der Waals surface area contributed by atoms with E-state index in [9.17, 15) is 17.6 Å². The van der Waals surface area contributed by atoms with E-state index in [0.717, 1.165) is 31.9 Å². The minimum atomic E-state index is -5.19. The Morgan fingerprint density at radius 1 is 1.25 bits per heavy atom. The monoisotopic (exact) mass is 294 g/mol. The highest BCUT2D eigenvalue weighted by Gasteiger charge is 2.28. The maximum atomic E-state index is 12.9. The van der Waals surface area contributed by atoms with Crippen LogP contribution in [0, 0.1) is 5.82 Å². The van der Waals surface area contributed by atoms with Crippen LogP contribution in [0.15, 0.2) is 24.3 Å². The third-order valence-corrected chi connectivity index (χ3v) is 2.61. The van der Waals surface area contributed by atoms with Crippen molar-refractivity contribution in [1.29, 1.82) is 0 Å². The van der Waals surface area contributed by atoms with Gasteiger partial charge in [-0.15, -0.1) is 0 Å². The second-order valence-corrected chi connectivity index (χ2v) is 4.12. The Hall–Kier alpha value is -1.83. The molecule has 0 spiro atoms. The lowest BCUT2D eigenvalue weighted by Gasteiger charge is -2.27. The number of benzene rings is 1. The molecule has 2 N–H and O–H groups in total. The highest BCUT2D eigenvalue weighted by Crippen LogP contribution is 2.14. The van der Waals surface area contributed by atoms with Gasteiger partial charge in [0.2, 0.25) is 0 Å². The van der Waals surface area contributed by atoms with Crippen LogP contribution >= 0.6 is 0 Å². The van der Waals surface area contributed by atoms with Gasteiger partial charge in [0, 0.05) is 5.69 Å². The quantitative estimate of drug-likeness (QED) is 0.711. The standard InChI is InChI=1S/C10H13FN2.C2HF3O2/c11-9-2-1-3-10(8-9)13-6-4-12-5-7-13;3-2(4,5)1(6)7/h1-3,8,12H,4-7H2;(H,6,7). The van der Waals surface area contributed by atoms with Gasteiger partial charge in [-0.2, -0.15) is 13.2 Å². The Morgan fingerprint density at radius 3 is 2.25 bits per heavy atom. The van der Waals surface area contributed by atoms with Crippen LogP contribution < -0.4 is 15.3 Å². The van der Waals surface area contributed by atoms with E-state index >= 15 is 0 Å². The number of alkyl halides is 3. The van der Waals surface area contributed by atoms with Gasteiger partial charge in [0.1, 0.15) is 11.8 Å². The van der Waals surface area contributed by atoms with Crippen LogP contribution in [0.3, 0.4) is 0 Å². The van der Waals surface area contributed by atoms with Crippen LogP contribution in [0.1, 0.15) is 0 Å². The average molecular weight is 294 g/mol. The van der Waals surface area contributed by atoms with Crippen LogP contribution in [0.4, 0.5) is 23.2 Å². The number of carboxylic acids is 1. The number of quaternary nitrogens is 1. The number of carboxylic acid groups (broad SMARTS) is 1. The summed E-state index contributed by atoms with van der Waals surface area (Å²) in [6.07, 6.45) is -5.19. The predicted molar refractivity (Wildman–Crippen MR) is 61.3 cm³/mol. The Balaban J connectivity index is 0.000000246. The lowest BCUT2D eigenvalue weighted by molar-refractivity contribution is -0.655. The molecule has 20 heavy (non-hydrogen) atoms. The first-order chi connectivity index (χ1) is 9.30. The van der Waals surface area contributed by atoms with E-state index in [2.05, 4.69) is 10.2 Å². The zero-order valence-corrected chi connectivity index (χ0v) is 10.5. The van der Waals surface area contributed by atoms with E-state index in [1.54, 1.807) is 12.1 Å². The van der Waals surface area contributed by atoms with Crippen LogP contribution in [0.2, 0.25) is 0 Å². The van der Waals surface area contributed by atoms with Crippen molar-refractivity contribution >= 4 is 11.7 Å². The maximum absolute atomic E-state index is 12.9. The van der Waals surface area contributed by atoms with Crippen LogP contribution in [0.25, 0.3) is 0 Å². The molecular formula is C12H14F4N2O2. The molecule has 0 unspecified atom stereocenters. The molecule has 8 heteroatoms. The van der Waals surface area contributed by atoms with Crippen molar-refractivity contribution in [3.05, 3.63) is 30.1 Å². The molecule has 112 valence electrons. The SMILES string of the molecule is Fc1cccc(N2CC[NH2+]CC2)c1.O=C([O-])C(F)(F)F. The number of rotatable bonds is 1. The molecule has 1 aliphatic heterocycles. The van der Waals surface area contributed by atoms with Crippen LogP contribution in [-0.2, 0) is 4.79 Å². The average Bonchev–Trinajstić information content (AvgIpc) is 2.39. The summed E-state index contributed by atoms with van der Waals surface area (Å²) >= 11 is 0. The lowest BCUT2D eigenvalue weighted by atomic mass is 10.2. The van der Waals surface area contributed by atoms with Gasteiger partial charge in [0.25, 0.3) is 0 Å². The highest BCUT2D eigenvalue weighted by molar-refractivity contribution is 5.70.